The summed E-state index contributed by atoms with van der Waals surface area (Å²) in [6, 6.07) is 9.43. The number of carboxylic acid groups (broad SMARTS) is 1. The van der Waals surface area contributed by atoms with Crippen molar-refractivity contribution in [1.82, 2.24) is 9.97 Å². The van der Waals surface area contributed by atoms with E-state index in [1.807, 2.05) is 30.3 Å². The minimum Gasteiger partial charge on any atom is -0.493 e. The van der Waals surface area contributed by atoms with Crippen molar-refractivity contribution in [2.45, 2.75) is 6.42 Å². The van der Waals surface area contributed by atoms with E-state index in [9.17, 15) is 4.79 Å². The van der Waals surface area contributed by atoms with E-state index in [0.717, 1.165) is 5.75 Å². The van der Waals surface area contributed by atoms with E-state index in [1.54, 1.807) is 0 Å². The lowest BCUT2D eigenvalue weighted by Gasteiger charge is -2.03. The van der Waals surface area contributed by atoms with Crippen molar-refractivity contribution < 1.29 is 14.6 Å². The molecule has 0 aliphatic carbocycles. The Labute approximate surface area is 98.1 Å². The summed E-state index contributed by atoms with van der Waals surface area (Å²) in [6.07, 6.45) is 1.85. The number of hydrogen-bond acceptors (Lipinski definition) is 3. The quantitative estimate of drug-likeness (QED) is 0.823. The Kier molecular flexibility index (Phi) is 3.40. The second-order valence-corrected chi connectivity index (χ2v) is 3.46. The van der Waals surface area contributed by atoms with Crippen LogP contribution in [0.1, 0.15) is 16.3 Å². The predicted molar refractivity (Wildman–Crippen MR) is 61.2 cm³/mol. The van der Waals surface area contributed by atoms with E-state index in [4.69, 9.17) is 9.84 Å². The van der Waals surface area contributed by atoms with Crippen molar-refractivity contribution in [3.05, 3.63) is 48.0 Å². The number of H-pyrrole nitrogens is 1. The van der Waals surface area contributed by atoms with Gasteiger partial charge in [0, 0.05) is 6.42 Å². The van der Waals surface area contributed by atoms with Crippen LogP contribution in [0, 0.1) is 0 Å². The molecule has 5 heteroatoms. The van der Waals surface area contributed by atoms with Gasteiger partial charge in [0.25, 0.3) is 0 Å². The Morgan fingerprint density at radius 2 is 2.12 bits per heavy atom. The third-order valence-corrected chi connectivity index (χ3v) is 2.21. The molecule has 0 radical (unpaired) electrons. The van der Waals surface area contributed by atoms with Gasteiger partial charge in [-0.1, -0.05) is 18.2 Å². The number of aromatic amines is 1. The number of aromatic nitrogens is 2. The zero-order chi connectivity index (χ0) is 12.1. The summed E-state index contributed by atoms with van der Waals surface area (Å²) in [5.41, 5.74) is 0.0970. The van der Waals surface area contributed by atoms with Crippen molar-refractivity contribution in [1.29, 1.82) is 0 Å². The molecule has 1 aromatic heterocycles. The van der Waals surface area contributed by atoms with Crippen LogP contribution in [0.3, 0.4) is 0 Å². The molecule has 0 unspecified atom stereocenters. The predicted octanol–water partition coefficient (Wildman–Crippen LogP) is 1.73. The fourth-order valence-electron chi connectivity index (χ4n) is 1.38. The molecule has 2 aromatic rings. The number of carboxylic acids is 1. The van der Waals surface area contributed by atoms with Crippen LogP contribution in [0.2, 0.25) is 0 Å². The number of nitrogens with zero attached hydrogens (tertiary/aromatic N) is 1. The van der Waals surface area contributed by atoms with Gasteiger partial charge < -0.3 is 14.8 Å². The first-order valence-electron chi connectivity index (χ1n) is 5.21. The maximum Gasteiger partial charge on any atom is 0.353 e. The maximum atomic E-state index is 10.6. The van der Waals surface area contributed by atoms with Crippen molar-refractivity contribution in [3.8, 4) is 5.75 Å². The Morgan fingerprint density at radius 3 is 2.76 bits per heavy atom. The van der Waals surface area contributed by atoms with E-state index < -0.39 is 5.97 Å². The number of rotatable bonds is 5. The molecular formula is C12H12N2O3. The highest BCUT2D eigenvalue weighted by atomic mass is 16.5. The van der Waals surface area contributed by atoms with Gasteiger partial charge in [-0.2, -0.15) is 0 Å². The van der Waals surface area contributed by atoms with Gasteiger partial charge in [0.2, 0.25) is 0 Å². The number of imidazole rings is 1. The third kappa shape index (κ3) is 3.07. The van der Waals surface area contributed by atoms with E-state index in [1.165, 1.54) is 6.20 Å². The number of hydrogen-bond donors (Lipinski definition) is 2. The monoisotopic (exact) mass is 232 g/mol. The Bertz CT molecular complexity index is 493. The van der Waals surface area contributed by atoms with E-state index >= 15 is 0 Å². The van der Waals surface area contributed by atoms with Crippen molar-refractivity contribution in [2.24, 2.45) is 0 Å². The summed E-state index contributed by atoms with van der Waals surface area (Å²) in [4.78, 5) is 17.3. The van der Waals surface area contributed by atoms with E-state index in [-0.39, 0.29) is 5.69 Å². The van der Waals surface area contributed by atoms with Gasteiger partial charge >= 0.3 is 5.97 Å². The second-order valence-electron chi connectivity index (χ2n) is 3.46. The molecule has 0 aliphatic rings. The van der Waals surface area contributed by atoms with Crippen molar-refractivity contribution >= 4 is 5.97 Å². The largest absolute Gasteiger partial charge is 0.493 e. The summed E-state index contributed by atoms with van der Waals surface area (Å²) in [7, 11) is 0. The van der Waals surface area contributed by atoms with Gasteiger partial charge in [0.05, 0.1) is 12.8 Å². The van der Waals surface area contributed by atoms with Crippen molar-refractivity contribution in [2.75, 3.05) is 6.61 Å². The summed E-state index contributed by atoms with van der Waals surface area (Å²) >= 11 is 0. The molecule has 88 valence electrons. The minimum absolute atomic E-state index is 0.0970. The molecule has 1 aromatic carbocycles. The molecule has 5 nitrogen and oxygen atoms in total. The molecule has 1 heterocycles. The second kappa shape index (κ2) is 5.16. The minimum atomic E-state index is -1.01. The molecule has 0 aliphatic heterocycles. The summed E-state index contributed by atoms with van der Waals surface area (Å²) in [5, 5.41) is 8.70. The van der Waals surface area contributed by atoms with Gasteiger partial charge in [-0.15, -0.1) is 0 Å². The molecule has 0 bridgehead atoms. The standard InChI is InChI=1S/C12H12N2O3/c15-12(16)10-8-13-11(14-10)6-7-17-9-4-2-1-3-5-9/h1-5,8H,6-7H2,(H,13,14)(H,15,16). The number of ether oxygens (including phenoxy) is 1. The number of aromatic carboxylic acids is 1. The number of nitrogens with one attached hydrogen (secondary N) is 1. The lowest BCUT2D eigenvalue weighted by Crippen LogP contribution is -2.03. The van der Waals surface area contributed by atoms with Crippen LogP contribution in [0.4, 0.5) is 0 Å². The molecule has 0 saturated heterocycles. The molecule has 17 heavy (non-hydrogen) atoms. The summed E-state index contributed by atoms with van der Waals surface area (Å²) < 4.78 is 5.47. The molecule has 2 rings (SSSR count). The van der Waals surface area contributed by atoms with Crippen LogP contribution in [0.25, 0.3) is 0 Å². The van der Waals surface area contributed by atoms with Gasteiger partial charge in [-0.05, 0) is 12.1 Å². The Hall–Kier alpha value is -2.30. The van der Waals surface area contributed by atoms with Crippen LogP contribution in [-0.4, -0.2) is 27.7 Å². The van der Waals surface area contributed by atoms with Gasteiger partial charge in [-0.3, -0.25) is 0 Å². The van der Waals surface area contributed by atoms with Crippen molar-refractivity contribution in [3.63, 3.8) is 0 Å². The van der Waals surface area contributed by atoms with E-state index in [0.29, 0.717) is 18.9 Å². The third-order valence-electron chi connectivity index (χ3n) is 2.21. The average Bonchev–Trinajstić information content (AvgIpc) is 2.79. The van der Waals surface area contributed by atoms with Crippen LogP contribution >= 0.6 is 0 Å². The maximum absolute atomic E-state index is 10.6. The molecular weight excluding hydrogens is 220 g/mol. The van der Waals surface area contributed by atoms with Gasteiger partial charge in [0.1, 0.15) is 17.3 Å². The lowest BCUT2D eigenvalue weighted by molar-refractivity contribution is 0.0691. The smallest absolute Gasteiger partial charge is 0.353 e. The first-order valence-corrected chi connectivity index (χ1v) is 5.21. The zero-order valence-electron chi connectivity index (χ0n) is 9.09. The average molecular weight is 232 g/mol. The Morgan fingerprint density at radius 1 is 1.35 bits per heavy atom. The molecule has 0 saturated carbocycles. The fourth-order valence-corrected chi connectivity index (χ4v) is 1.38. The highest BCUT2D eigenvalue weighted by Gasteiger charge is 2.06. The number of carbonyl (C=O) groups is 1. The van der Waals surface area contributed by atoms with Crippen LogP contribution in [0.15, 0.2) is 36.5 Å². The highest BCUT2D eigenvalue weighted by Crippen LogP contribution is 2.08. The molecule has 2 N–H and O–H groups in total. The number of benzene rings is 1. The summed E-state index contributed by atoms with van der Waals surface area (Å²) in [6.45, 7) is 0.455. The molecule has 0 fully saturated rings. The van der Waals surface area contributed by atoms with E-state index in [2.05, 4.69) is 9.97 Å². The van der Waals surface area contributed by atoms with Gasteiger partial charge in [0.15, 0.2) is 0 Å². The first kappa shape index (κ1) is 11.2. The zero-order valence-corrected chi connectivity index (χ0v) is 9.09. The highest BCUT2D eigenvalue weighted by molar-refractivity contribution is 5.84. The first-order chi connectivity index (χ1) is 8.25. The fraction of sp³-hybridized carbons (Fsp3) is 0.167. The lowest BCUT2D eigenvalue weighted by atomic mass is 10.3. The molecule has 0 spiro atoms. The summed E-state index contributed by atoms with van der Waals surface area (Å²) in [5.74, 6) is 0.392. The Balaban J connectivity index is 1.84. The SMILES string of the molecule is O=C(O)c1cnc(CCOc2ccccc2)[nH]1. The van der Waals surface area contributed by atoms with Crippen LogP contribution in [0.5, 0.6) is 5.75 Å². The van der Waals surface area contributed by atoms with Gasteiger partial charge in [-0.25, -0.2) is 9.78 Å². The topological polar surface area (TPSA) is 75.2 Å². The normalized spacial score (nSPS) is 10.1. The van der Waals surface area contributed by atoms with Crippen LogP contribution < -0.4 is 4.74 Å². The molecule has 0 atom stereocenters. The van der Waals surface area contributed by atoms with Crippen LogP contribution in [-0.2, 0) is 6.42 Å². The molecule has 0 amide bonds. The number of para-hydroxylation sites is 1.